The van der Waals surface area contributed by atoms with Crippen molar-refractivity contribution < 1.29 is 14.3 Å². The van der Waals surface area contributed by atoms with Crippen molar-refractivity contribution in [2.75, 3.05) is 36.9 Å². The fourth-order valence-corrected chi connectivity index (χ4v) is 2.58. The topological polar surface area (TPSA) is 70.7 Å². The molecular weight excluding hydrogens is 318 g/mol. The van der Waals surface area contributed by atoms with Crippen LogP contribution in [0.3, 0.4) is 0 Å². The van der Waals surface area contributed by atoms with E-state index in [1.807, 2.05) is 30.3 Å². The summed E-state index contributed by atoms with van der Waals surface area (Å²) in [6, 6.07) is 16.0. The van der Waals surface area contributed by atoms with Crippen LogP contribution < -0.4 is 10.6 Å². The van der Waals surface area contributed by atoms with E-state index in [1.54, 1.807) is 29.2 Å². The van der Waals surface area contributed by atoms with Crippen molar-refractivity contribution in [2.45, 2.75) is 6.42 Å². The Balaban J connectivity index is 1.58. The van der Waals surface area contributed by atoms with Gasteiger partial charge < -0.3 is 20.3 Å². The number of carbonyl (C=O) groups excluding carboxylic acids is 2. The number of hydrogen-bond acceptors (Lipinski definition) is 3. The summed E-state index contributed by atoms with van der Waals surface area (Å²) in [5, 5.41) is 5.68. The zero-order valence-electron chi connectivity index (χ0n) is 13.9. The lowest BCUT2D eigenvalue weighted by atomic mass is 10.2. The number of nitrogens with one attached hydrogen (secondary N) is 2. The maximum Gasteiger partial charge on any atom is 0.321 e. The quantitative estimate of drug-likeness (QED) is 0.902. The van der Waals surface area contributed by atoms with Crippen molar-refractivity contribution in [1.82, 2.24) is 4.90 Å². The Morgan fingerprint density at radius 3 is 2.32 bits per heavy atom. The van der Waals surface area contributed by atoms with Crippen molar-refractivity contribution in [3.63, 3.8) is 0 Å². The van der Waals surface area contributed by atoms with E-state index in [9.17, 15) is 9.59 Å². The van der Waals surface area contributed by atoms with Gasteiger partial charge in [0.1, 0.15) is 0 Å². The van der Waals surface area contributed by atoms with Gasteiger partial charge in [-0.15, -0.1) is 0 Å². The molecule has 0 spiro atoms. The number of urea groups is 1. The molecule has 0 aliphatic carbocycles. The number of amides is 3. The number of hydrogen-bond donors (Lipinski definition) is 2. The van der Waals surface area contributed by atoms with Crippen LogP contribution in [-0.2, 0) is 4.74 Å². The highest BCUT2D eigenvalue weighted by Gasteiger charge is 2.15. The van der Waals surface area contributed by atoms with Crippen LogP contribution in [0.1, 0.15) is 16.8 Å². The van der Waals surface area contributed by atoms with Crippen LogP contribution in [0.5, 0.6) is 0 Å². The molecule has 3 amide bonds. The van der Waals surface area contributed by atoms with Crippen LogP contribution in [0.25, 0.3) is 0 Å². The van der Waals surface area contributed by atoms with Crippen LogP contribution in [0.2, 0.25) is 0 Å². The lowest BCUT2D eigenvalue weighted by molar-refractivity contribution is 0.102. The van der Waals surface area contributed by atoms with Gasteiger partial charge in [-0.05, 0) is 42.8 Å². The molecule has 1 saturated heterocycles. The van der Waals surface area contributed by atoms with Crippen LogP contribution in [0, 0.1) is 0 Å². The molecule has 2 N–H and O–H groups in total. The maximum absolute atomic E-state index is 12.3. The smallest absolute Gasteiger partial charge is 0.321 e. The van der Waals surface area contributed by atoms with E-state index in [0.29, 0.717) is 37.6 Å². The molecule has 3 rings (SSSR count). The molecule has 6 nitrogen and oxygen atoms in total. The monoisotopic (exact) mass is 339 g/mol. The average Bonchev–Trinajstić information content (AvgIpc) is 2.92. The van der Waals surface area contributed by atoms with Gasteiger partial charge in [-0.3, -0.25) is 4.79 Å². The van der Waals surface area contributed by atoms with Gasteiger partial charge in [-0.1, -0.05) is 18.2 Å². The lowest BCUT2D eigenvalue weighted by Crippen LogP contribution is -2.36. The molecule has 0 aromatic heterocycles. The summed E-state index contributed by atoms with van der Waals surface area (Å²) in [6.45, 7) is 2.52. The van der Waals surface area contributed by atoms with Crippen LogP contribution in [0.15, 0.2) is 54.6 Å². The molecule has 0 atom stereocenters. The molecule has 1 fully saturated rings. The number of para-hydroxylation sites is 1. The third-order valence-electron chi connectivity index (χ3n) is 3.94. The van der Waals surface area contributed by atoms with Crippen LogP contribution >= 0.6 is 0 Å². The molecule has 0 saturated carbocycles. The number of nitrogens with zero attached hydrogens (tertiary/aromatic N) is 1. The Kier molecular flexibility index (Phi) is 5.64. The normalized spacial score (nSPS) is 14.5. The summed E-state index contributed by atoms with van der Waals surface area (Å²) in [7, 11) is 0. The van der Waals surface area contributed by atoms with E-state index >= 15 is 0 Å². The minimum absolute atomic E-state index is 0.146. The first kappa shape index (κ1) is 17.0. The number of rotatable bonds is 3. The molecule has 0 unspecified atom stereocenters. The summed E-state index contributed by atoms with van der Waals surface area (Å²) in [6.07, 6.45) is 0.839. The van der Waals surface area contributed by atoms with Crippen molar-refractivity contribution >= 4 is 23.3 Å². The van der Waals surface area contributed by atoms with Gasteiger partial charge in [0.2, 0.25) is 0 Å². The summed E-state index contributed by atoms with van der Waals surface area (Å²) in [5.74, 6) is -0.186. The van der Waals surface area contributed by atoms with Gasteiger partial charge in [0.05, 0.1) is 6.61 Å². The zero-order chi connectivity index (χ0) is 17.5. The van der Waals surface area contributed by atoms with Gasteiger partial charge in [-0.25, -0.2) is 4.79 Å². The molecule has 2 aromatic carbocycles. The lowest BCUT2D eigenvalue weighted by Gasteiger charge is -2.20. The summed E-state index contributed by atoms with van der Waals surface area (Å²) in [5.41, 5.74) is 1.93. The second kappa shape index (κ2) is 8.30. The molecule has 130 valence electrons. The number of benzene rings is 2. The van der Waals surface area contributed by atoms with E-state index in [-0.39, 0.29) is 11.9 Å². The molecule has 2 aromatic rings. The van der Waals surface area contributed by atoms with E-state index in [0.717, 1.165) is 12.1 Å². The van der Waals surface area contributed by atoms with Crippen molar-refractivity contribution in [3.8, 4) is 0 Å². The molecule has 0 radical (unpaired) electrons. The van der Waals surface area contributed by atoms with Crippen molar-refractivity contribution in [1.29, 1.82) is 0 Å². The molecule has 1 aliphatic rings. The zero-order valence-corrected chi connectivity index (χ0v) is 13.9. The molecule has 0 bridgehead atoms. The minimum Gasteiger partial charge on any atom is -0.380 e. The van der Waals surface area contributed by atoms with Crippen molar-refractivity contribution in [3.05, 3.63) is 60.2 Å². The molecule has 25 heavy (non-hydrogen) atoms. The van der Waals surface area contributed by atoms with E-state index < -0.39 is 0 Å². The van der Waals surface area contributed by atoms with Crippen molar-refractivity contribution in [2.24, 2.45) is 0 Å². The fourth-order valence-electron chi connectivity index (χ4n) is 2.58. The molecule has 1 heterocycles. The molecule has 1 aliphatic heterocycles. The summed E-state index contributed by atoms with van der Waals surface area (Å²) in [4.78, 5) is 26.2. The second-order valence-electron chi connectivity index (χ2n) is 5.78. The average molecular weight is 339 g/mol. The minimum atomic E-state index is -0.186. The third-order valence-corrected chi connectivity index (χ3v) is 3.94. The second-order valence-corrected chi connectivity index (χ2v) is 5.78. The summed E-state index contributed by atoms with van der Waals surface area (Å²) < 4.78 is 5.35. The van der Waals surface area contributed by atoms with Gasteiger partial charge in [0.25, 0.3) is 5.91 Å². The first-order valence-corrected chi connectivity index (χ1v) is 8.32. The largest absolute Gasteiger partial charge is 0.380 e. The fraction of sp³-hybridized carbons (Fsp3) is 0.263. The Hall–Kier alpha value is -2.86. The number of ether oxygens (including phenoxy) is 1. The first-order valence-electron chi connectivity index (χ1n) is 8.32. The Morgan fingerprint density at radius 1 is 0.840 bits per heavy atom. The van der Waals surface area contributed by atoms with Gasteiger partial charge >= 0.3 is 6.03 Å². The number of carbonyl (C=O) groups is 2. The Morgan fingerprint density at radius 2 is 1.56 bits per heavy atom. The third kappa shape index (κ3) is 4.81. The predicted molar refractivity (Wildman–Crippen MR) is 96.9 cm³/mol. The Labute approximate surface area is 146 Å². The summed E-state index contributed by atoms with van der Waals surface area (Å²) >= 11 is 0. The van der Waals surface area contributed by atoms with Gasteiger partial charge in [-0.2, -0.15) is 0 Å². The number of anilines is 2. The van der Waals surface area contributed by atoms with Crippen LogP contribution in [0.4, 0.5) is 16.2 Å². The highest BCUT2D eigenvalue weighted by Crippen LogP contribution is 2.13. The van der Waals surface area contributed by atoms with E-state index in [2.05, 4.69) is 10.6 Å². The maximum atomic E-state index is 12.3. The molecule has 6 heteroatoms. The standard InChI is InChI=1S/C19H21N3O3/c23-18(20-16-5-2-1-3-6-16)15-7-9-17(10-8-15)21-19(24)22-11-4-13-25-14-12-22/h1-3,5-10H,4,11-14H2,(H,20,23)(H,21,24). The highest BCUT2D eigenvalue weighted by atomic mass is 16.5. The molecular formula is C19H21N3O3. The van der Waals surface area contributed by atoms with E-state index in [1.165, 1.54) is 0 Å². The Bertz CT molecular complexity index is 708. The van der Waals surface area contributed by atoms with Gasteiger partial charge in [0, 0.05) is 36.6 Å². The SMILES string of the molecule is O=C(Nc1ccccc1)c1ccc(NC(=O)N2CCCOCC2)cc1. The first-order chi connectivity index (χ1) is 12.2. The highest BCUT2D eigenvalue weighted by molar-refractivity contribution is 6.04. The predicted octanol–water partition coefficient (Wildman–Crippen LogP) is 3.19. The van der Waals surface area contributed by atoms with Gasteiger partial charge in [0.15, 0.2) is 0 Å². The van der Waals surface area contributed by atoms with E-state index in [4.69, 9.17) is 4.74 Å². The van der Waals surface area contributed by atoms with Crippen LogP contribution in [-0.4, -0.2) is 43.1 Å².